The Morgan fingerprint density at radius 2 is 2.00 bits per heavy atom. The second kappa shape index (κ2) is 7.55. The van der Waals surface area contributed by atoms with Crippen molar-refractivity contribution in [3.63, 3.8) is 0 Å². The Hall–Kier alpha value is -1.67. The van der Waals surface area contributed by atoms with E-state index in [2.05, 4.69) is 20.3 Å². The van der Waals surface area contributed by atoms with Crippen LogP contribution in [0.2, 0.25) is 0 Å². The van der Waals surface area contributed by atoms with E-state index in [1.54, 1.807) is 33.0 Å². The minimum Gasteiger partial charge on any atom is -0.355 e. The van der Waals surface area contributed by atoms with Crippen molar-refractivity contribution < 1.29 is 12.8 Å². The van der Waals surface area contributed by atoms with Gasteiger partial charge in [-0.2, -0.15) is 0 Å². The molecule has 0 spiro atoms. The van der Waals surface area contributed by atoms with Crippen LogP contribution in [0.15, 0.2) is 29.3 Å². The Balaban J connectivity index is 2.52. The molecule has 0 aromatic heterocycles. The maximum atomic E-state index is 13.1. The number of nitrogens with one attached hydrogen (secondary N) is 3. The molecule has 0 unspecified atom stereocenters. The average Bonchev–Trinajstić information content (AvgIpc) is 2.36. The lowest BCUT2D eigenvalue weighted by Gasteiger charge is -2.26. The number of hydrogen-bond donors (Lipinski definition) is 3. The van der Waals surface area contributed by atoms with E-state index in [9.17, 15) is 12.8 Å². The molecule has 3 N–H and O–H groups in total. The molecule has 0 aliphatic heterocycles. The fourth-order valence-corrected chi connectivity index (χ4v) is 2.97. The molecular formula is C14H23FN4O2S. The topological polar surface area (TPSA) is 82.6 Å². The highest BCUT2D eigenvalue weighted by molar-refractivity contribution is 7.88. The van der Waals surface area contributed by atoms with Crippen molar-refractivity contribution in [2.45, 2.75) is 25.9 Å². The van der Waals surface area contributed by atoms with Crippen LogP contribution in [0.5, 0.6) is 0 Å². The van der Waals surface area contributed by atoms with Gasteiger partial charge in [-0.3, -0.25) is 4.99 Å². The van der Waals surface area contributed by atoms with Gasteiger partial charge in [0.05, 0.1) is 6.26 Å². The maximum Gasteiger partial charge on any atom is 0.209 e. The zero-order valence-electron chi connectivity index (χ0n) is 13.3. The summed E-state index contributed by atoms with van der Waals surface area (Å²) >= 11 is 0. The van der Waals surface area contributed by atoms with Crippen LogP contribution in [0.25, 0.3) is 0 Å². The first kappa shape index (κ1) is 18.4. The quantitative estimate of drug-likeness (QED) is 0.533. The normalized spacial score (nSPS) is 13.0. The molecule has 0 heterocycles. The highest BCUT2D eigenvalue weighted by Crippen LogP contribution is 2.03. The largest absolute Gasteiger partial charge is 0.355 e. The highest BCUT2D eigenvalue weighted by atomic mass is 32.2. The van der Waals surface area contributed by atoms with Crippen molar-refractivity contribution in [2.24, 2.45) is 4.99 Å². The molecule has 0 radical (unpaired) electrons. The molecule has 1 aromatic carbocycles. The molecule has 8 heteroatoms. The summed E-state index contributed by atoms with van der Waals surface area (Å²) in [5, 5.41) is 6.08. The Kier molecular flexibility index (Phi) is 6.31. The van der Waals surface area contributed by atoms with Crippen LogP contribution < -0.4 is 15.4 Å². The van der Waals surface area contributed by atoms with Gasteiger partial charge in [-0.25, -0.2) is 17.5 Å². The third-order valence-corrected chi connectivity index (χ3v) is 3.66. The van der Waals surface area contributed by atoms with E-state index < -0.39 is 15.6 Å². The predicted octanol–water partition coefficient (Wildman–Crippen LogP) is 0.818. The molecule has 6 nitrogen and oxygen atoms in total. The number of benzene rings is 1. The maximum absolute atomic E-state index is 13.1. The molecule has 0 aliphatic rings. The average molecular weight is 330 g/mol. The van der Waals surface area contributed by atoms with Gasteiger partial charge >= 0.3 is 0 Å². The van der Waals surface area contributed by atoms with Crippen molar-refractivity contribution in [1.82, 2.24) is 15.4 Å². The van der Waals surface area contributed by atoms with Crippen LogP contribution in [0.3, 0.4) is 0 Å². The standard InChI is InChI=1S/C14H23FN4O2S/c1-14(2,19-22(4,20)21)10-18-13(16-3)17-9-11-6-5-7-12(15)8-11/h5-8,19H,9-10H2,1-4H3,(H2,16,17,18). The summed E-state index contributed by atoms with van der Waals surface area (Å²) < 4.78 is 38.2. The molecule has 0 aliphatic carbocycles. The van der Waals surface area contributed by atoms with Gasteiger partial charge in [-0.1, -0.05) is 12.1 Å². The van der Waals surface area contributed by atoms with E-state index in [0.29, 0.717) is 19.0 Å². The molecule has 0 atom stereocenters. The number of aliphatic imine (C=N–C) groups is 1. The summed E-state index contributed by atoms with van der Waals surface area (Å²) in [6.07, 6.45) is 1.12. The van der Waals surface area contributed by atoms with Crippen molar-refractivity contribution in [2.75, 3.05) is 19.8 Å². The monoisotopic (exact) mass is 330 g/mol. The molecule has 124 valence electrons. The van der Waals surface area contributed by atoms with Gasteiger partial charge in [0.2, 0.25) is 10.0 Å². The van der Waals surface area contributed by atoms with Gasteiger partial charge in [-0.05, 0) is 31.5 Å². The van der Waals surface area contributed by atoms with Gasteiger partial charge in [0.25, 0.3) is 0 Å². The van der Waals surface area contributed by atoms with E-state index in [4.69, 9.17) is 0 Å². The van der Waals surface area contributed by atoms with E-state index >= 15 is 0 Å². The van der Waals surface area contributed by atoms with Crippen LogP contribution in [0.1, 0.15) is 19.4 Å². The Morgan fingerprint density at radius 3 is 2.55 bits per heavy atom. The zero-order valence-corrected chi connectivity index (χ0v) is 14.1. The van der Waals surface area contributed by atoms with Crippen molar-refractivity contribution in [3.8, 4) is 0 Å². The number of hydrogen-bond acceptors (Lipinski definition) is 3. The fraction of sp³-hybridized carbons (Fsp3) is 0.500. The summed E-state index contributed by atoms with van der Waals surface area (Å²) in [6.45, 7) is 4.29. The lowest BCUT2D eigenvalue weighted by Crippen LogP contribution is -2.52. The van der Waals surface area contributed by atoms with Crippen LogP contribution in [0, 0.1) is 5.82 Å². The minimum atomic E-state index is -3.29. The second-order valence-corrected chi connectivity index (χ2v) is 7.42. The van der Waals surface area contributed by atoms with Gasteiger partial charge in [-0.15, -0.1) is 0 Å². The number of guanidine groups is 1. The molecule has 1 rings (SSSR count). The first-order valence-electron chi connectivity index (χ1n) is 6.79. The summed E-state index contributed by atoms with van der Waals surface area (Å²) in [5.74, 6) is 0.216. The molecule has 0 fully saturated rings. The van der Waals surface area contributed by atoms with Gasteiger partial charge < -0.3 is 10.6 Å². The number of sulfonamides is 1. The van der Waals surface area contributed by atoms with Gasteiger partial charge in [0.1, 0.15) is 5.82 Å². The van der Waals surface area contributed by atoms with Crippen LogP contribution in [0.4, 0.5) is 4.39 Å². The Bertz CT molecular complexity index is 629. The molecule has 0 amide bonds. The summed E-state index contributed by atoms with van der Waals surface area (Å²) in [6, 6.07) is 6.27. The van der Waals surface area contributed by atoms with Crippen LogP contribution >= 0.6 is 0 Å². The summed E-state index contributed by atoms with van der Waals surface area (Å²) in [7, 11) is -1.68. The SMILES string of the molecule is CN=C(NCc1cccc(F)c1)NCC(C)(C)NS(C)(=O)=O. The smallest absolute Gasteiger partial charge is 0.209 e. The lowest BCUT2D eigenvalue weighted by atomic mass is 10.1. The van der Waals surface area contributed by atoms with Gasteiger partial charge in [0, 0.05) is 25.7 Å². The number of nitrogens with zero attached hydrogens (tertiary/aromatic N) is 1. The molecule has 0 saturated heterocycles. The third kappa shape index (κ3) is 7.37. The van der Waals surface area contributed by atoms with E-state index in [-0.39, 0.29) is 5.82 Å². The third-order valence-electron chi connectivity index (χ3n) is 2.73. The molecule has 0 bridgehead atoms. The number of halogens is 1. The van der Waals surface area contributed by atoms with E-state index in [1.165, 1.54) is 12.1 Å². The van der Waals surface area contributed by atoms with E-state index in [0.717, 1.165) is 11.8 Å². The van der Waals surface area contributed by atoms with E-state index in [1.807, 2.05) is 0 Å². The summed E-state index contributed by atoms with van der Waals surface area (Å²) in [5.41, 5.74) is 0.126. The Morgan fingerprint density at radius 1 is 1.32 bits per heavy atom. The van der Waals surface area contributed by atoms with Crippen molar-refractivity contribution >= 4 is 16.0 Å². The second-order valence-electron chi connectivity index (χ2n) is 5.67. The van der Waals surface area contributed by atoms with Crippen LogP contribution in [-0.2, 0) is 16.6 Å². The lowest BCUT2D eigenvalue weighted by molar-refractivity contribution is 0.446. The predicted molar refractivity (Wildman–Crippen MR) is 86.7 cm³/mol. The molecule has 22 heavy (non-hydrogen) atoms. The molecular weight excluding hydrogens is 307 g/mol. The molecule has 1 aromatic rings. The minimum absolute atomic E-state index is 0.291. The van der Waals surface area contributed by atoms with Crippen molar-refractivity contribution in [3.05, 3.63) is 35.6 Å². The first-order valence-corrected chi connectivity index (χ1v) is 8.68. The zero-order chi connectivity index (χ0) is 16.8. The first-order chi connectivity index (χ1) is 10.1. The van der Waals surface area contributed by atoms with Crippen molar-refractivity contribution in [1.29, 1.82) is 0 Å². The van der Waals surface area contributed by atoms with Gasteiger partial charge in [0.15, 0.2) is 5.96 Å². The fourth-order valence-electron chi connectivity index (χ4n) is 1.90. The van der Waals surface area contributed by atoms with Crippen LogP contribution in [-0.4, -0.2) is 39.8 Å². The molecule has 0 saturated carbocycles. The highest BCUT2D eigenvalue weighted by Gasteiger charge is 2.22. The Labute approximate surface area is 131 Å². The number of rotatable bonds is 6. The summed E-state index contributed by atoms with van der Waals surface area (Å²) in [4.78, 5) is 4.05.